The van der Waals surface area contributed by atoms with Crippen LogP contribution in [0, 0.1) is 0 Å². The Morgan fingerprint density at radius 2 is 2.00 bits per heavy atom. The first kappa shape index (κ1) is 15.9. The lowest BCUT2D eigenvalue weighted by molar-refractivity contribution is -0.117. The van der Waals surface area contributed by atoms with Crippen LogP contribution in [0.4, 0.5) is 5.69 Å². The number of ether oxygens (including phenoxy) is 2. The number of amides is 1. The summed E-state index contributed by atoms with van der Waals surface area (Å²) in [7, 11) is 3.09. The third-order valence-corrected chi connectivity index (χ3v) is 3.98. The van der Waals surface area contributed by atoms with E-state index in [2.05, 4.69) is 20.7 Å². The van der Waals surface area contributed by atoms with E-state index in [0.717, 1.165) is 4.88 Å². The zero-order valence-corrected chi connectivity index (χ0v) is 13.9. The lowest BCUT2D eigenvalue weighted by Crippen LogP contribution is -2.20. The molecule has 1 amide bonds. The third-order valence-electron chi connectivity index (χ3n) is 3.11. The highest BCUT2D eigenvalue weighted by Crippen LogP contribution is 2.25. The first-order valence-corrected chi connectivity index (χ1v) is 7.90. The van der Waals surface area contributed by atoms with Crippen molar-refractivity contribution >= 4 is 22.9 Å². The summed E-state index contributed by atoms with van der Waals surface area (Å²) in [5.41, 5.74) is 0.565. The van der Waals surface area contributed by atoms with Crippen molar-refractivity contribution in [3.05, 3.63) is 35.7 Å². The molecule has 0 spiro atoms. The second-order valence-corrected chi connectivity index (χ2v) is 5.72. The molecule has 124 valence electrons. The molecule has 1 aromatic carbocycles. The predicted molar refractivity (Wildman–Crippen MR) is 89.3 cm³/mol. The van der Waals surface area contributed by atoms with Gasteiger partial charge in [0.05, 0.1) is 19.1 Å². The van der Waals surface area contributed by atoms with Gasteiger partial charge >= 0.3 is 0 Å². The highest BCUT2D eigenvalue weighted by Gasteiger charge is 2.11. The fourth-order valence-corrected chi connectivity index (χ4v) is 2.67. The Morgan fingerprint density at radius 1 is 1.25 bits per heavy atom. The van der Waals surface area contributed by atoms with Gasteiger partial charge in [-0.15, -0.1) is 21.5 Å². The maximum absolute atomic E-state index is 12.2. The Bertz CT molecular complexity index is 809. The van der Waals surface area contributed by atoms with Gasteiger partial charge < -0.3 is 14.8 Å². The van der Waals surface area contributed by atoms with Crippen molar-refractivity contribution < 1.29 is 14.3 Å². The van der Waals surface area contributed by atoms with Gasteiger partial charge in [-0.2, -0.15) is 4.80 Å². The first-order chi connectivity index (χ1) is 11.7. The number of nitrogens with zero attached hydrogens (tertiary/aromatic N) is 4. The van der Waals surface area contributed by atoms with Crippen LogP contribution in [-0.4, -0.2) is 40.3 Å². The van der Waals surface area contributed by atoms with Gasteiger partial charge in [0.1, 0.15) is 18.0 Å². The number of methoxy groups -OCH3 is 2. The van der Waals surface area contributed by atoms with E-state index in [9.17, 15) is 4.79 Å². The Kier molecular flexibility index (Phi) is 4.71. The summed E-state index contributed by atoms with van der Waals surface area (Å²) in [5.74, 6) is 1.40. The zero-order chi connectivity index (χ0) is 16.9. The summed E-state index contributed by atoms with van der Waals surface area (Å²) in [6.07, 6.45) is 0. The molecular formula is C15H15N5O3S. The van der Waals surface area contributed by atoms with Crippen molar-refractivity contribution in [1.82, 2.24) is 20.2 Å². The number of hydrogen-bond acceptors (Lipinski definition) is 7. The first-order valence-electron chi connectivity index (χ1n) is 7.02. The molecule has 0 aliphatic rings. The SMILES string of the molecule is COc1cc(NC(=O)Cn2nnc(-c3cccs3)n2)cc(OC)c1. The molecule has 0 saturated heterocycles. The number of thiophene rings is 1. The molecule has 0 fully saturated rings. The van der Waals surface area contributed by atoms with E-state index in [-0.39, 0.29) is 12.5 Å². The van der Waals surface area contributed by atoms with Crippen molar-refractivity contribution in [3.8, 4) is 22.2 Å². The number of carbonyl (C=O) groups is 1. The molecule has 0 saturated carbocycles. The molecule has 2 heterocycles. The zero-order valence-electron chi connectivity index (χ0n) is 13.1. The van der Waals surface area contributed by atoms with Crippen molar-refractivity contribution in [3.63, 3.8) is 0 Å². The van der Waals surface area contributed by atoms with Crippen molar-refractivity contribution in [2.75, 3.05) is 19.5 Å². The summed E-state index contributed by atoms with van der Waals surface area (Å²) < 4.78 is 10.3. The van der Waals surface area contributed by atoms with Gasteiger partial charge in [-0.3, -0.25) is 4.79 Å². The number of aromatic nitrogens is 4. The second-order valence-electron chi connectivity index (χ2n) is 4.77. The third kappa shape index (κ3) is 3.69. The summed E-state index contributed by atoms with van der Waals surface area (Å²) >= 11 is 1.51. The minimum atomic E-state index is -0.277. The van der Waals surface area contributed by atoms with E-state index in [1.54, 1.807) is 32.4 Å². The predicted octanol–water partition coefficient (Wildman–Crippen LogP) is 2.06. The van der Waals surface area contributed by atoms with Crippen LogP contribution in [0.25, 0.3) is 10.7 Å². The molecule has 9 heteroatoms. The standard InChI is InChI=1S/C15H15N5O3S/c1-22-11-6-10(7-12(8-11)23-2)16-14(21)9-20-18-15(17-19-20)13-4-3-5-24-13/h3-8H,9H2,1-2H3,(H,16,21). The fourth-order valence-electron chi connectivity index (χ4n) is 2.02. The van der Waals surface area contributed by atoms with Crippen LogP contribution in [0.5, 0.6) is 11.5 Å². The van der Waals surface area contributed by atoms with Crippen LogP contribution in [0.3, 0.4) is 0 Å². The molecule has 8 nitrogen and oxygen atoms in total. The topological polar surface area (TPSA) is 91.2 Å². The van der Waals surface area contributed by atoms with E-state index < -0.39 is 0 Å². The van der Waals surface area contributed by atoms with Gasteiger partial charge in [-0.1, -0.05) is 6.07 Å². The monoisotopic (exact) mass is 345 g/mol. The average Bonchev–Trinajstić information content (AvgIpc) is 3.25. The van der Waals surface area contributed by atoms with E-state index in [0.29, 0.717) is 23.0 Å². The molecule has 0 bridgehead atoms. The summed E-state index contributed by atoms with van der Waals surface area (Å²) in [6, 6.07) is 8.93. The van der Waals surface area contributed by atoms with Gasteiger partial charge in [0, 0.05) is 23.9 Å². The average molecular weight is 345 g/mol. The molecule has 0 radical (unpaired) electrons. The minimum absolute atomic E-state index is 0.0437. The molecule has 0 aliphatic carbocycles. The lowest BCUT2D eigenvalue weighted by atomic mass is 10.2. The van der Waals surface area contributed by atoms with Crippen LogP contribution in [0.15, 0.2) is 35.7 Å². The maximum atomic E-state index is 12.2. The van der Waals surface area contributed by atoms with Crippen LogP contribution in [0.2, 0.25) is 0 Å². The van der Waals surface area contributed by atoms with E-state index in [1.165, 1.54) is 16.1 Å². The van der Waals surface area contributed by atoms with E-state index >= 15 is 0 Å². The largest absolute Gasteiger partial charge is 0.497 e. The molecule has 0 atom stereocenters. The van der Waals surface area contributed by atoms with Crippen LogP contribution < -0.4 is 14.8 Å². The normalized spacial score (nSPS) is 10.4. The number of anilines is 1. The summed E-state index contributed by atoms with van der Waals surface area (Å²) in [4.78, 5) is 14.3. The van der Waals surface area contributed by atoms with Crippen LogP contribution in [-0.2, 0) is 11.3 Å². The van der Waals surface area contributed by atoms with Crippen LogP contribution in [0.1, 0.15) is 0 Å². The highest BCUT2D eigenvalue weighted by atomic mass is 32.1. The fraction of sp³-hybridized carbons (Fsp3) is 0.200. The number of tetrazole rings is 1. The van der Waals surface area contributed by atoms with Crippen LogP contribution >= 0.6 is 11.3 Å². The van der Waals surface area contributed by atoms with Gasteiger partial charge in [0.25, 0.3) is 0 Å². The number of benzene rings is 1. The minimum Gasteiger partial charge on any atom is -0.497 e. The van der Waals surface area contributed by atoms with Crippen molar-refractivity contribution in [2.45, 2.75) is 6.54 Å². The molecule has 3 rings (SSSR count). The maximum Gasteiger partial charge on any atom is 0.248 e. The van der Waals surface area contributed by atoms with Crippen molar-refractivity contribution in [2.24, 2.45) is 0 Å². The molecule has 2 aromatic heterocycles. The number of nitrogens with one attached hydrogen (secondary N) is 1. The lowest BCUT2D eigenvalue weighted by Gasteiger charge is -2.09. The quantitative estimate of drug-likeness (QED) is 0.735. The van der Waals surface area contributed by atoms with Gasteiger partial charge in [-0.05, 0) is 16.7 Å². The highest BCUT2D eigenvalue weighted by molar-refractivity contribution is 7.13. The van der Waals surface area contributed by atoms with Gasteiger partial charge in [-0.25, -0.2) is 0 Å². The smallest absolute Gasteiger partial charge is 0.248 e. The Hall–Kier alpha value is -2.94. The molecule has 24 heavy (non-hydrogen) atoms. The van der Waals surface area contributed by atoms with Gasteiger partial charge in [0.15, 0.2) is 0 Å². The van der Waals surface area contributed by atoms with E-state index in [1.807, 2.05) is 17.5 Å². The Balaban J connectivity index is 1.68. The van der Waals surface area contributed by atoms with E-state index in [4.69, 9.17) is 9.47 Å². The van der Waals surface area contributed by atoms with Gasteiger partial charge in [0.2, 0.25) is 11.7 Å². The van der Waals surface area contributed by atoms with Crippen molar-refractivity contribution in [1.29, 1.82) is 0 Å². The molecular weight excluding hydrogens is 330 g/mol. The summed E-state index contributed by atoms with van der Waals surface area (Å²) in [6.45, 7) is -0.0437. The molecule has 1 N–H and O–H groups in total. The summed E-state index contributed by atoms with van der Waals surface area (Å²) in [5, 5.41) is 16.7. The second kappa shape index (κ2) is 7.09. The number of carbonyl (C=O) groups excluding carboxylic acids is 1. The Labute approximate surface area is 142 Å². The molecule has 0 unspecified atom stereocenters. The number of hydrogen-bond donors (Lipinski definition) is 1. The Morgan fingerprint density at radius 3 is 2.62 bits per heavy atom. The number of rotatable bonds is 6. The molecule has 0 aliphatic heterocycles. The molecule has 3 aromatic rings.